The van der Waals surface area contributed by atoms with Crippen LogP contribution in [0.2, 0.25) is 0 Å². The summed E-state index contributed by atoms with van der Waals surface area (Å²) in [6, 6.07) is 0. The van der Waals surface area contributed by atoms with Crippen LogP contribution in [-0.4, -0.2) is 87.1 Å². The third kappa shape index (κ3) is 10.8. The Hall–Kier alpha value is -2.77. The third-order valence-electron chi connectivity index (χ3n) is 14.9. The molecule has 13 heteroatoms. The zero-order valence-electron chi connectivity index (χ0n) is 33.6. The van der Waals surface area contributed by atoms with E-state index < -0.39 is 87.4 Å². The summed E-state index contributed by atoms with van der Waals surface area (Å²) in [6.45, 7) is 7.48. The minimum Gasteiger partial charge on any atom is -0.459 e. The summed E-state index contributed by atoms with van der Waals surface area (Å²) in [4.78, 5) is 68.2. The van der Waals surface area contributed by atoms with Crippen LogP contribution in [0.1, 0.15) is 194 Å². The molecule has 0 spiro atoms. The Morgan fingerprint density at radius 2 is 1.29 bits per heavy atom. The molecule has 2 heterocycles. The standard InChI is InChI=1S/C43H62O13.6CH4/c1-5-29(35(46)55-42-18-26-11-27(19-42)15-39(14-26,21-42)37(48)53-33-8-6-7-9-51-33)12-30(10-25(2)34(45)52-31-13-32(44)54-38(31,3)4)36(47)56-43-20-28-16-40(49,23-43)22-41(50,17-28)24-43;;;;;;/h25-31,33,49-50H,5-24H2,1-4H3;6*1H4. The molecule has 13 nitrogen and oxygen atoms in total. The van der Waals surface area contributed by atoms with Crippen LogP contribution in [0.4, 0.5) is 0 Å². The van der Waals surface area contributed by atoms with E-state index in [-0.39, 0.29) is 107 Å². The first-order valence-corrected chi connectivity index (χ1v) is 21.5. The second kappa shape index (κ2) is 19.8. The molecule has 10 aliphatic rings. The van der Waals surface area contributed by atoms with Gasteiger partial charge in [0.05, 0.1) is 47.4 Å². The maximum Gasteiger partial charge on any atom is 0.314 e. The maximum absolute atomic E-state index is 14.4. The predicted octanol–water partition coefficient (Wildman–Crippen LogP) is 9.19. The van der Waals surface area contributed by atoms with Crippen molar-refractivity contribution in [2.24, 2.45) is 40.9 Å². The first kappa shape index (κ1) is 55.4. The van der Waals surface area contributed by atoms with Crippen LogP contribution in [0.25, 0.3) is 0 Å². The highest BCUT2D eigenvalue weighted by atomic mass is 16.7. The molecule has 8 aliphatic carbocycles. The van der Waals surface area contributed by atoms with Gasteiger partial charge in [-0.2, -0.15) is 0 Å². The highest BCUT2D eigenvalue weighted by Crippen LogP contribution is 2.64. The summed E-state index contributed by atoms with van der Waals surface area (Å²) < 4.78 is 35.7. The van der Waals surface area contributed by atoms with Gasteiger partial charge >= 0.3 is 29.8 Å². The predicted molar refractivity (Wildman–Crippen MR) is 236 cm³/mol. The molecule has 10 fully saturated rings. The number of ether oxygens (including phenoxy) is 6. The van der Waals surface area contributed by atoms with Crippen LogP contribution in [-0.2, 0) is 52.4 Å². The highest BCUT2D eigenvalue weighted by Gasteiger charge is 2.66. The van der Waals surface area contributed by atoms with E-state index in [0.717, 1.165) is 32.1 Å². The normalized spacial score (nSPS) is 38.9. The lowest BCUT2D eigenvalue weighted by Crippen LogP contribution is -2.67. The summed E-state index contributed by atoms with van der Waals surface area (Å²) in [6.07, 6.45) is 8.28. The molecule has 8 bridgehead atoms. The van der Waals surface area contributed by atoms with E-state index in [0.29, 0.717) is 58.0 Å². The topological polar surface area (TPSA) is 181 Å². The smallest absolute Gasteiger partial charge is 0.314 e. The fourth-order valence-corrected chi connectivity index (χ4v) is 13.4. The Morgan fingerprint density at radius 3 is 1.82 bits per heavy atom. The molecule has 0 amide bonds. The van der Waals surface area contributed by atoms with Crippen molar-refractivity contribution in [3.63, 3.8) is 0 Å². The molecule has 0 radical (unpaired) electrons. The molecular weight excluding hydrogens is 797 g/mol. The van der Waals surface area contributed by atoms with Gasteiger partial charge in [-0.25, -0.2) is 0 Å². The number of hydrogen-bond donors (Lipinski definition) is 2. The number of esters is 5. The van der Waals surface area contributed by atoms with Gasteiger partial charge in [0.25, 0.3) is 0 Å². The van der Waals surface area contributed by atoms with Gasteiger partial charge in [0.15, 0.2) is 6.10 Å². The molecule has 8 saturated carbocycles. The lowest BCUT2D eigenvalue weighted by Gasteiger charge is -2.62. The van der Waals surface area contributed by atoms with Crippen LogP contribution in [0.15, 0.2) is 0 Å². The van der Waals surface area contributed by atoms with Gasteiger partial charge in [0.1, 0.15) is 16.8 Å². The minimum absolute atomic E-state index is 0. The summed E-state index contributed by atoms with van der Waals surface area (Å²) in [5, 5.41) is 22.8. The summed E-state index contributed by atoms with van der Waals surface area (Å²) >= 11 is 0. The maximum atomic E-state index is 14.4. The Balaban J connectivity index is 0.00000220. The van der Waals surface area contributed by atoms with Gasteiger partial charge in [-0.15, -0.1) is 0 Å². The van der Waals surface area contributed by atoms with Crippen molar-refractivity contribution in [3.8, 4) is 0 Å². The first-order valence-electron chi connectivity index (χ1n) is 21.5. The van der Waals surface area contributed by atoms with E-state index in [2.05, 4.69) is 0 Å². The van der Waals surface area contributed by atoms with Gasteiger partial charge in [0, 0.05) is 32.1 Å². The molecular formula is C49H86O13. The lowest BCUT2D eigenvalue weighted by atomic mass is 9.48. The molecule has 10 rings (SSSR count). The molecule has 0 aromatic heterocycles. The number of hydrogen-bond acceptors (Lipinski definition) is 13. The molecule has 2 saturated heterocycles. The van der Waals surface area contributed by atoms with Gasteiger partial charge in [0.2, 0.25) is 6.29 Å². The van der Waals surface area contributed by atoms with E-state index >= 15 is 0 Å². The zero-order valence-corrected chi connectivity index (χ0v) is 33.6. The molecule has 0 aromatic carbocycles. The van der Waals surface area contributed by atoms with Crippen LogP contribution in [0.5, 0.6) is 0 Å². The van der Waals surface area contributed by atoms with Gasteiger partial charge in [-0.1, -0.05) is 58.4 Å². The Bertz CT molecular complexity index is 1570. The second-order valence-corrected chi connectivity index (χ2v) is 20.5. The molecule has 62 heavy (non-hydrogen) atoms. The van der Waals surface area contributed by atoms with Crippen molar-refractivity contribution in [1.29, 1.82) is 0 Å². The van der Waals surface area contributed by atoms with Crippen molar-refractivity contribution in [2.75, 3.05) is 6.61 Å². The molecule has 9 atom stereocenters. The average molecular weight is 883 g/mol. The van der Waals surface area contributed by atoms with E-state index in [1.165, 1.54) is 0 Å². The summed E-state index contributed by atoms with van der Waals surface area (Å²) in [7, 11) is 0. The summed E-state index contributed by atoms with van der Waals surface area (Å²) in [5.74, 6) is -4.18. The van der Waals surface area contributed by atoms with Crippen molar-refractivity contribution >= 4 is 29.8 Å². The average Bonchev–Trinajstić information content (AvgIpc) is 3.33. The fourth-order valence-electron chi connectivity index (χ4n) is 13.4. The Labute approximate surface area is 373 Å². The van der Waals surface area contributed by atoms with Crippen molar-refractivity contribution in [3.05, 3.63) is 0 Å². The van der Waals surface area contributed by atoms with Crippen molar-refractivity contribution in [2.45, 2.75) is 235 Å². The van der Waals surface area contributed by atoms with E-state index in [4.69, 9.17) is 28.4 Å². The molecule has 360 valence electrons. The molecule has 9 unspecified atom stereocenters. The van der Waals surface area contributed by atoms with Crippen LogP contribution >= 0.6 is 0 Å². The molecule has 2 aliphatic heterocycles. The van der Waals surface area contributed by atoms with Gasteiger partial charge < -0.3 is 38.6 Å². The lowest BCUT2D eigenvalue weighted by molar-refractivity contribution is -0.263. The number of cyclic esters (lactones) is 1. The van der Waals surface area contributed by atoms with Gasteiger partial charge in [-0.3, -0.25) is 24.0 Å². The quantitative estimate of drug-likeness (QED) is 0.132. The van der Waals surface area contributed by atoms with Gasteiger partial charge in [-0.05, 0) is 115 Å². The SMILES string of the molecule is C.C.C.C.C.C.CCC(CC(CC(C)C(=O)OC1CC(=O)OC1(C)C)C(=O)OC12CC3CC(O)(CC(O)(C3)C1)C2)C(=O)OC12CC3CC(C1)CC(C(=O)OC1CCCCO1)(C3)C2. The molecule has 2 N–H and O–H groups in total. The number of aliphatic hydroxyl groups is 2. The van der Waals surface area contributed by atoms with Crippen molar-refractivity contribution < 1.29 is 62.6 Å². The zero-order chi connectivity index (χ0) is 39.9. The van der Waals surface area contributed by atoms with Crippen LogP contribution in [0, 0.1) is 40.9 Å². The van der Waals surface area contributed by atoms with Crippen LogP contribution < -0.4 is 0 Å². The third-order valence-corrected chi connectivity index (χ3v) is 14.9. The van der Waals surface area contributed by atoms with E-state index in [1.54, 1.807) is 20.8 Å². The second-order valence-electron chi connectivity index (χ2n) is 20.5. The Morgan fingerprint density at radius 1 is 0.710 bits per heavy atom. The first-order chi connectivity index (χ1) is 26.3. The highest BCUT2D eigenvalue weighted by molar-refractivity contribution is 5.80. The number of carbonyl (C=O) groups is 5. The number of rotatable bonds is 13. The van der Waals surface area contributed by atoms with E-state index in [9.17, 15) is 34.2 Å². The van der Waals surface area contributed by atoms with E-state index in [1.807, 2.05) is 6.92 Å². The van der Waals surface area contributed by atoms with Crippen molar-refractivity contribution in [1.82, 2.24) is 0 Å². The largest absolute Gasteiger partial charge is 0.459 e. The van der Waals surface area contributed by atoms with Crippen LogP contribution in [0.3, 0.4) is 0 Å². The summed E-state index contributed by atoms with van der Waals surface area (Å²) in [5.41, 5.74) is -5.78. The Kier molecular flexibility index (Phi) is 17.6. The minimum atomic E-state index is -1.12. The monoisotopic (exact) mass is 883 g/mol. The fraction of sp³-hybridized carbons (Fsp3) is 0.898. The number of carbonyl (C=O) groups excluding carboxylic acids is 5. The molecule has 0 aromatic rings.